The SMILES string of the molecule is Cc1ccc(NC(=O)CNC(CC(C)C)C(=O)O)cc1C. The normalized spacial score (nSPS) is 12.2. The summed E-state index contributed by atoms with van der Waals surface area (Å²) in [5.41, 5.74) is 2.98. The summed E-state index contributed by atoms with van der Waals surface area (Å²) in [6.45, 7) is 7.87. The van der Waals surface area contributed by atoms with Crippen LogP contribution in [0.3, 0.4) is 0 Å². The number of benzene rings is 1. The fraction of sp³-hybridized carbons (Fsp3) is 0.500. The van der Waals surface area contributed by atoms with E-state index in [0.717, 1.165) is 16.8 Å². The largest absolute Gasteiger partial charge is 0.480 e. The number of rotatable bonds is 7. The second kappa shape index (κ2) is 7.78. The van der Waals surface area contributed by atoms with Gasteiger partial charge in [0.2, 0.25) is 5.91 Å². The van der Waals surface area contributed by atoms with Gasteiger partial charge < -0.3 is 10.4 Å². The first kappa shape index (κ1) is 17.2. The minimum Gasteiger partial charge on any atom is -0.480 e. The summed E-state index contributed by atoms with van der Waals surface area (Å²) < 4.78 is 0. The third-order valence-electron chi connectivity index (χ3n) is 3.30. The van der Waals surface area contributed by atoms with Gasteiger partial charge in [-0.1, -0.05) is 19.9 Å². The van der Waals surface area contributed by atoms with Crippen molar-refractivity contribution >= 4 is 17.6 Å². The van der Waals surface area contributed by atoms with Crippen LogP contribution in [0.1, 0.15) is 31.4 Å². The number of hydrogen-bond acceptors (Lipinski definition) is 3. The number of aliphatic carboxylic acids is 1. The Labute approximate surface area is 125 Å². The number of anilines is 1. The highest BCUT2D eigenvalue weighted by molar-refractivity contribution is 5.92. The lowest BCUT2D eigenvalue weighted by atomic mass is 10.0. The minimum absolute atomic E-state index is 0.0173. The molecule has 0 aliphatic heterocycles. The van der Waals surface area contributed by atoms with Gasteiger partial charge >= 0.3 is 5.97 Å². The fourth-order valence-corrected chi connectivity index (χ4v) is 1.98. The zero-order chi connectivity index (χ0) is 16.0. The van der Waals surface area contributed by atoms with Crippen LogP contribution in [-0.4, -0.2) is 29.6 Å². The summed E-state index contributed by atoms with van der Waals surface area (Å²) in [6.07, 6.45) is 0.492. The molecule has 1 rings (SSSR count). The maximum atomic E-state index is 11.9. The molecular weight excluding hydrogens is 268 g/mol. The van der Waals surface area contributed by atoms with E-state index in [-0.39, 0.29) is 18.4 Å². The van der Waals surface area contributed by atoms with Gasteiger partial charge in [-0.2, -0.15) is 0 Å². The van der Waals surface area contributed by atoms with Crippen LogP contribution in [0.4, 0.5) is 5.69 Å². The third-order valence-corrected chi connectivity index (χ3v) is 3.30. The number of nitrogens with one attached hydrogen (secondary N) is 2. The molecule has 1 unspecified atom stereocenters. The molecular formula is C16H24N2O3. The van der Waals surface area contributed by atoms with Crippen molar-refractivity contribution in [3.8, 4) is 0 Å². The molecule has 1 amide bonds. The van der Waals surface area contributed by atoms with Crippen molar-refractivity contribution in [1.82, 2.24) is 5.32 Å². The summed E-state index contributed by atoms with van der Waals surface area (Å²) >= 11 is 0. The lowest BCUT2D eigenvalue weighted by Gasteiger charge is -2.16. The van der Waals surface area contributed by atoms with Crippen LogP contribution in [0.2, 0.25) is 0 Å². The molecule has 1 atom stereocenters. The monoisotopic (exact) mass is 292 g/mol. The topological polar surface area (TPSA) is 78.4 Å². The number of aryl methyl sites for hydroxylation is 2. The first-order valence-corrected chi connectivity index (χ1v) is 7.13. The first-order chi connectivity index (χ1) is 9.79. The van der Waals surface area contributed by atoms with Gasteiger partial charge in [0.05, 0.1) is 6.54 Å². The van der Waals surface area contributed by atoms with Gasteiger partial charge in [0.1, 0.15) is 6.04 Å². The van der Waals surface area contributed by atoms with E-state index in [1.807, 2.05) is 45.9 Å². The van der Waals surface area contributed by atoms with E-state index in [9.17, 15) is 9.59 Å². The molecule has 0 saturated carbocycles. The van der Waals surface area contributed by atoms with Crippen molar-refractivity contribution in [3.05, 3.63) is 29.3 Å². The molecule has 0 spiro atoms. The molecule has 116 valence electrons. The second-order valence-electron chi connectivity index (χ2n) is 5.75. The average Bonchev–Trinajstić information content (AvgIpc) is 2.38. The van der Waals surface area contributed by atoms with Crippen LogP contribution in [0.25, 0.3) is 0 Å². The molecule has 1 aromatic carbocycles. The summed E-state index contributed by atoms with van der Waals surface area (Å²) in [5, 5.41) is 14.6. The highest BCUT2D eigenvalue weighted by Gasteiger charge is 2.19. The molecule has 0 fully saturated rings. The van der Waals surface area contributed by atoms with Gasteiger partial charge in [0.25, 0.3) is 0 Å². The van der Waals surface area contributed by atoms with Crippen molar-refractivity contribution < 1.29 is 14.7 Å². The number of carboxylic acids is 1. The fourth-order valence-electron chi connectivity index (χ4n) is 1.98. The standard InChI is InChI=1S/C16H24N2O3/c1-10(2)7-14(16(20)21)17-9-15(19)18-13-6-5-11(3)12(4)8-13/h5-6,8,10,14,17H,7,9H2,1-4H3,(H,18,19)(H,20,21). The smallest absolute Gasteiger partial charge is 0.320 e. The molecule has 0 aliphatic rings. The Morgan fingerprint density at radius 2 is 1.86 bits per heavy atom. The second-order valence-corrected chi connectivity index (χ2v) is 5.75. The number of carbonyl (C=O) groups excluding carboxylic acids is 1. The van der Waals surface area contributed by atoms with Crippen molar-refractivity contribution in [2.45, 2.75) is 40.2 Å². The number of carboxylic acid groups (broad SMARTS) is 1. The molecule has 0 heterocycles. The highest BCUT2D eigenvalue weighted by Crippen LogP contribution is 2.13. The molecule has 21 heavy (non-hydrogen) atoms. The van der Waals surface area contributed by atoms with E-state index in [4.69, 9.17) is 5.11 Å². The van der Waals surface area contributed by atoms with Gasteiger partial charge in [0, 0.05) is 5.69 Å². The van der Waals surface area contributed by atoms with E-state index < -0.39 is 12.0 Å². The Morgan fingerprint density at radius 1 is 1.19 bits per heavy atom. The predicted molar refractivity (Wildman–Crippen MR) is 83.4 cm³/mol. The Morgan fingerprint density at radius 3 is 2.38 bits per heavy atom. The summed E-state index contributed by atoms with van der Waals surface area (Å²) in [6, 6.07) is 4.98. The Bertz CT molecular complexity index is 512. The van der Waals surface area contributed by atoms with E-state index >= 15 is 0 Å². The molecule has 1 aromatic rings. The highest BCUT2D eigenvalue weighted by atomic mass is 16.4. The van der Waals surface area contributed by atoms with Crippen LogP contribution < -0.4 is 10.6 Å². The van der Waals surface area contributed by atoms with Crippen LogP contribution in [0.15, 0.2) is 18.2 Å². The van der Waals surface area contributed by atoms with Crippen LogP contribution >= 0.6 is 0 Å². The molecule has 0 aromatic heterocycles. The van der Waals surface area contributed by atoms with E-state index in [0.29, 0.717) is 6.42 Å². The number of amides is 1. The van der Waals surface area contributed by atoms with Gasteiger partial charge in [0.15, 0.2) is 0 Å². The number of carbonyl (C=O) groups is 2. The summed E-state index contributed by atoms with van der Waals surface area (Å²) in [4.78, 5) is 22.9. The van der Waals surface area contributed by atoms with Crippen LogP contribution in [0, 0.1) is 19.8 Å². The maximum Gasteiger partial charge on any atom is 0.320 e. The first-order valence-electron chi connectivity index (χ1n) is 7.13. The Balaban J connectivity index is 2.52. The summed E-state index contributed by atoms with van der Waals surface area (Å²) in [5.74, 6) is -0.919. The van der Waals surface area contributed by atoms with Crippen LogP contribution in [0.5, 0.6) is 0 Å². The minimum atomic E-state index is -0.928. The maximum absolute atomic E-state index is 11.9. The molecule has 5 nitrogen and oxygen atoms in total. The molecule has 5 heteroatoms. The van der Waals surface area contributed by atoms with E-state index in [1.54, 1.807) is 0 Å². The van der Waals surface area contributed by atoms with Crippen molar-refractivity contribution in [2.24, 2.45) is 5.92 Å². The van der Waals surface area contributed by atoms with Gasteiger partial charge in [-0.3, -0.25) is 14.9 Å². The Kier molecular flexibility index (Phi) is 6.37. The lowest BCUT2D eigenvalue weighted by Crippen LogP contribution is -2.42. The molecule has 3 N–H and O–H groups in total. The zero-order valence-corrected chi connectivity index (χ0v) is 13.1. The number of hydrogen-bond donors (Lipinski definition) is 3. The van der Waals surface area contributed by atoms with Gasteiger partial charge in [-0.15, -0.1) is 0 Å². The van der Waals surface area contributed by atoms with Crippen molar-refractivity contribution in [3.63, 3.8) is 0 Å². The molecule has 0 bridgehead atoms. The van der Waals surface area contributed by atoms with E-state index in [1.165, 1.54) is 0 Å². The third kappa shape index (κ3) is 5.95. The zero-order valence-electron chi connectivity index (χ0n) is 13.1. The van der Waals surface area contributed by atoms with Crippen molar-refractivity contribution in [2.75, 3.05) is 11.9 Å². The Hall–Kier alpha value is -1.88. The molecule has 0 radical (unpaired) electrons. The average molecular weight is 292 g/mol. The van der Waals surface area contributed by atoms with Gasteiger partial charge in [-0.05, 0) is 49.4 Å². The lowest BCUT2D eigenvalue weighted by molar-refractivity contribution is -0.139. The van der Waals surface area contributed by atoms with Crippen LogP contribution in [-0.2, 0) is 9.59 Å². The van der Waals surface area contributed by atoms with Crippen molar-refractivity contribution in [1.29, 1.82) is 0 Å². The van der Waals surface area contributed by atoms with E-state index in [2.05, 4.69) is 10.6 Å². The summed E-state index contributed by atoms with van der Waals surface area (Å²) in [7, 11) is 0. The van der Waals surface area contributed by atoms with Gasteiger partial charge in [-0.25, -0.2) is 0 Å². The molecule has 0 saturated heterocycles. The quantitative estimate of drug-likeness (QED) is 0.720. The molecule has 0 aliphatic carbocycles. The predicted octanol–water partition coefficient (Wildman–Crippen LogP) is 2.33.